The molecular weight excluding hydrogens is 274 g/mol. The summed E-state index contributed by atoms with van der Waals surface area (Å²) in [4.78, 5) is 24.4. The van der Waals surface area contributed by atoms with E-state index in [1.807, 2.05) is 35.7 Å². The molecule has 2 heterocycles. The summed E-state index contributed by atoms with van der Waals surface area (Å²) in [6.45, 7) is 0.493. The second-order valence-electron chi connectivity index (χ2n) is 4.49. The van der Waals surface area contributed by atoms with Gasteiger partial charge in [-0.25, -0.2) is 4.79 Å². The van der Waals surface area contributed by atoms with Gasteiger partial charge >= 0.3 is 5.76 Å². The van der Waals surface area contributed by atoms with Crippen molar-refractivity contribution in [1.82, 2.24) is 4.57 Å². The number of ketones is 1. The van der Waals surface area contributed by atoms with Gasteiger partial charge < -0.3 is 4.42 Å². The first-order valence-electron chi connectivity index (χ1n) is 6.41. The van der Waals surface area contributed by atoms with Gasteiger partial charge in [0.2, 0.25) is 0 Å². The molecule has 0 unspecified atom stereocenters. The van der Waals surface area contributed by atoms with Crippen LogP contribution in [0.4, 0.5) is 0 Å². The minimum Gasteiger partial charge on any atom is -0.408 e. The number of aryl methyl sites for hydroxylation is 1. The molecule has 0 N–H and O–H groups in total. The fourth-order valence-electron chi connectivity index (χ4n) is 2.18. The number of Topliss-reactive ketones (excluding diaryl/α,β-unsaturated/α-hetero) is 1. The van der Waals surface area contributed by atoms with Crippen LogP contribution >= 0.6 is 11.3 Å². The third-order valence-electron chi connectivity index (χ3n) is 3.16. The van der Waals surface area contributed by atoms with E-state index in [-0.39, 0.29) is 11.5 Å². The van der Waals surface area contributed by atoms with Gasteiger partial charge in [-0.15, -0.1) is 11.3 Å². The van der Waals surface area contributed by atoms with Crippen molar-refractivity contribution in [3.05, 3.63) is 57.2 Å². The number of para-hydroxylation sites is 2. The van der Waals surface area contributed by atoms with Crippen molar-refractivity contribution >= 4 is 28.2 Å². The topological polar surface area (TPSA) is 52.2 Å². The van der Waals surface area contributed by atoms with Gasteiger partial charge in [0.1, 0.15) is 0 Å². The first-order chi connectivity index (χ1) is 9.75. The van der Waals surface area contributed by atoms with E-state index in [4.69, 9.17) is 4.42 Å². The lowest BCUT2D eigenvalue weighted by Crippen LogP contribution is -2.14. The fraction of sp³-hybridized carbons (Fsp3) is 0.200. The molecule has 102 valence electrons. The molecule has 0 amide bonds. The zero-order chi connectivity index (χ0) is 13.9. The summed E-state index contributed by atoms with van der Waals surface area (Å²) < 4.78 is 6.73. The Kier molecular flexibility index (Phi) is 3.52. The number of benzene rings is 1. The van der Waals surface area contributed by atoms with E-state index in [0.29, 0.717) is 25.0 Å². The predicted molar refractivity (Wildman–Crippen MR) is 78.4 cm³/mol. The Balaban J connectivity index is 1.70. The van der Waals surface area contributed by atoms with Crippen LogP contribution < -0.4 is 5.76 Å². The molecular formula is C15H13NO3S. The van der Waals surface area contributed by atoms with Crippen LogP contribution in [0.3, 0.4) is 0 Å². The molecule has 0 spiro atoms. The number of aromatic nitrogens is 1. The monoisotopic (exact) mass is 287 g/mol. The molecule has 0 aliphatic rings. The number of rotatable bonds is 5. The highest BCUT2D eigenvalue weighted by Crippen LogP contribution is 2.15. The minimum absolute atomic E-state index is 0.126. The highest BCUT2D eigenvalue weighted by Gasteiger charge is 2.10. The second kappa shape index (κ2) is 5.46. The van der Waals surface area contributed by atoms with E-state index < -0.39 is 0 Å². The lowest BCUT2D eigenvalue weighted by Gasteiger charge is -2.01. The Hall–Kier alpha value is -2.14. The van der Waals surface area contributed by atoms with Gasteiger partial charge in [0.05, 0.1) is 10.4 Å². The van der Waals surface area contributed by atoms with Crippen LogP contribution in [0, 0.1) is 0 Å². The fourth-order valence-corrected chi connectivity index (χ4v) is 2.88. The summed E-state index contributed by atoms with van der Waals surface area (Å²) in [7, 11) is 0. The van der Waals surface area contributed by atoms with Crippen LogP contribution in [-0.4, -0.2) is 10.4 Å². The van der Waals surface area contributed by atoms with Gasteiger partial charge in [-0.1, -0.05) is 18.2 Å². The average Bonchev–Trinajstić information content (AvgIpc) is 3.07. The number of carbonyl (C=O) groups is 1. The molecule has 3 rings (SSSR count). The van der Waals surface area contributed by atoms with E-state index in [1.54, 1.807) is 10.6 Å². The van der Waals surface area contributed by atoms with E-state index in [0.717, 1.165) is 10.4 Å². The number of thiophene rings is 1. The van der Waals surface area contributed by atoms with Crippen LogP contribution in [0.25, 0.3) is 11.1 Å². The highest BCUT2D eigenvalue weighted by molar-refractivity contribution is 7.12. The summed E-state index contributed by atoms with van der Waals surface area (Å²) in [5, 5.41) is 1.89. The van der Waals surface area contributed by atoms with Crippen molar-refractivity contribution in [2.75, 3.05) is 0 Å². The summed E-state index contributed by atoms with van der Waals surface area (Å²) in [5.41, 5.74) is 1.36. The summed E-state index contributed by atoms with van der Waals surface area (Å²) >= 11 is 1.45. The molecule has 2 aromatic heterocycles. The number of fused-ring (bicyclic) bond motifs is 1. The van der Waals surface area contributed by atoms with Crippen molar-refractivity contribution in [2.24, 2.45) is 0 Å². The van der Waals surface area contributed by atoms with Crippen molar-refractivity contribution in [3.63, 3.8) is 0 Å². The summed E-state index contributed by atoms with van der Waals surface area (Å²) in [6.07, 6.45) is 1.06. The molecule has 0 aliphatic heterocycles. The SMILES string of the molecule is O=C(CCCn1c(=O)oc2ccccc21)c1cccs1. The molecule has 0 fully saturated rings. The first kappa shape index (κ1) is 12.9. The van der Waals surface area contributed by atoms with Gasteiger partial charge in [-0.05, 0) is 30.0 Å². The van der Waals surface area contributed by atoms with Crippen LogP contribution in [-0.2, 0) is 6.54 Å². The molecule has 5 heteroatoms. The lowest BCUT2D eigenvalue weighted by atomic mass is 10.2. The van der Waals surface area contributed by atoms with E-state index in [1.165, 1.54) is 11.3 Å². The third-order valence-corrected chi connectivity index (χ3v) is 4.07. The Bertz CT molecular complexity index is 783. The maximum Gasteiger partial charge on any atom is 0.419 e. The molecule has 0 radical (unpaired) electrons. The first-order valence-corrected chi connectivity index (χ1v) is 7.29. The Morgan fingerprint density at radius 2 is 2.05 bits per heavy atom. The molecule has 0 bridgehead atoms. The quantitative estimate of drug-likeness (QED) is 0.676. The van der Waals surface area contributed by atoms with Crippen LogP contribution in [0.5, 0.6) is 0 Å². The lowest BCUT2D eigenvalue weighted by molar-refractivity contribution is 0.0982. The van der Waals surface area contributed by atoms with E-state index in [9.17, 15) is 9.59 Å². The number of nitrogens with zero attached hydrogens (tertiary/aromatic N) is 1. The largest absolute Gasteiger partial charge is 0.419 e. The van der Waals surface area contributed by atoms with Crippen LogP contribution in [0.2, 0.25) is 0 Å². The average molecular weight is 287 g/mol. The summed E-state index contributed by atoms with van der Waals surface area (Å²) in [5.74, 6) is -0.240. The van der Waals surface area contributed by atoms with Crippen LogP contribution in [0.15, 0.2) is 51.0 Å². The molecule has 0 saturated carbocycles. The molecule has 0 atom stereocenters. The predicted octanol–water partition coefficient (Wildman–Crippen LogP) is 3.32. The van der Waals surface area contributed by atoms with Gasteiger partial charge in [-0.2, -0.15) is 0 Å². The van der Waals surface area contributed by atoms with E-state index in [2.05, 4.69) is 0 Å². The van der Waals surface area contributed by atoms with Gasteiger partial charge in [-0.3, -0.25) is 9.36 Å². The summed E-state index contributed by atoms with van der Waals surface area (Å²) in [6, 6.07) is 11.0. The number of hydrogen-bond donors (Lipinski definition) is 0. The van der Waals surface area contributed by atoms with Crippen molar-refractivity contribution < 1.29 is 9.21 Å². The smallest absolute Gasteiger partial charge is 0.408 e. The van der Waals surface area contributed by atoms with E-state index >= 15 is 0 Å². The van der Waals surface area contributed by atoms with Gasteiger partial charge in [0.25, 0.3) is 0 Å². The Labute approximate surface area is 119 Å². The molecule has 4 nitrogen and oxygen atoms in total. The standard InChI is InChI=1S/C15H13NO3S/c17-12(14-8-4-10-20-14)6-3-9-16-11-5-1-2-7-13(11)19-15(16)18/h1-2,4-5,7-8,10H,3,6,9H2. The second-order valence-corrected chi connectivity index (χ2v) is 5.44. The zero-order valence-corrected chi connectivity index (χ0v) is 11.6. The Morgan fingerprint density at radius 3 is 2.85 bits per heavy atom. The van der Waals surface area contributed by atoms with Crippen molar-refractivity contribution in [1.29, 1.82) is 0 Å². The Morgan fingerprint density at radius 1 is 1.20 bits per heavy atom. The molecule has 3 aromatic rings. The minimum atomic E-state index is -0.366. The highest BCUT2D eigenvalue weighted by atomic mass is 32.1. The van der Waals surface area contributed by atoms with Crippen molar-refractivity contribution in [2.45, 2.75) is 19.4 Å². The van der Waals surface area contributed by atoms with Gasteiger partial charge in [0.15, 0.2) is 11.4 Å². The number of carbonyl (C=O) groups excluding carboxylic acids is 1. The maximum absolute atomic E-state index is 11.9. The molecule has 20 heavy (non-hydrogen) atoms. The molecule has 0 aliphatic carbocycles. The molecule has 0 saturated heterocycles. The van der Waals surface area contributed by atoms with Crippen LogP contribution in [0.1, 0.15) is 22.5 Å². The maximum atomic E-state index is 11.9. The van der Waals surface area contributed by atoms with Gasteiger partial charge in [0, 0.05) is 13.0 Å². The zero-order valence-electron chi connectivity index (χ0n) is 10.7. The molecule has 1 aromatic carbocycles. The van der Waals surface area contributed by atoms with Crippen molar-refractivity contribution in [3.8, 4) is 0 Å². The number of hydrogen-bond acceptors (Lipinski definition) is 4. The normalized spacial score (nSPS) is 11.0. The number of oxazole rings is 1. The third kappa shape index (κ3) is 2.44.